The molecule has 2 rings (SSSR count). The van der Waals surface area contributed by atoms with Crippen molar-refractivity contribution in [2.24, 2.45) is 0 Å². The van der Waals surface area contributed by atoms with E-state index in [0.29, 0.717) is 0 Å². The molecule has 0 saturated heterocycles. The first-order valence-corrected chi connectivity index (χ1v) is 4.82. The first kappa shape index (κ1) is 9.85. The Morgan fingerprint density at radius 2 is 1.85 bits per heavy atom. The van der Waals surface area contributed by atoms with Gasteiger partial charge in [0.1, 0.15) is 0 Å². The number of aryl methyl sites for hydroxylation is 2. The normalized spacial score (nSPS) is 9.54. The number of fused-ring (bicyclic) bond motifs is 1. The lowest BCUT2D eigenvalue weighted by Crippen LogP contribution is -1.72. The summed E-state index contributed by atoms with van der Waals surface area (Å²) >= 11 is 0. The molecule has 72 valence electrons. The van der Waals surface area contributed by atoms with Crippen molar-refractivity contribution in [3.63, 3.8) is 0 Å². The molecule has 1 heteroatoms. The van der Waals surface area contributed by atoms with Crippen molar-refractivity contribution in [3.8, 4) is 0 Å². The molecule has 0 fully saturated rings. The highest BCUT2D eigenvalue weighted by Gasteiger charge is 1.97. The molecule has 1 nitrogen and oxygen atoms in total. The Morgan fingerprint density at radius 1 is 1.15 bits per heavy atom. The average molecular weight is 177 g/mol. The molecule has 0 unspecified atom stereocenters. The van der Waals surface area contributed by atoms with Crippen LogP contribution in [-0.2, 0) is 0 Å². The van der Waals surface area contributed by atoms with Crippen LogP contribution >= 0.6 is 0 Å². The number of aromatic amines is 1. The summed E-state index contributed by atoms with van der Waals surface area (Å²) in [6.07, 6.45) is 2.05. The topological polar surface area (TPSA) is 15.8 Å². The molecule has 0 saturated carbocycles. The maximum absolute atomic E-state index is 3.22. The van der Waals surface area contributed by atoms with Crippen molar-refractivity contribution in [2.45, 2.75) is 27.7 Å². The molecule has 1 heterocycles. The second-order valence-corrected chi connectivity index (χ2v) is 3.02. The molecular formula is C12H19N. The summed E-state index contributed by atoms with van der Waals surface area (Å²) in [4.78, 5) is 3.22. The van der Waals surface area contributed by atoms with E-state index in [1.807, 2.05) is 20.0 Å². The van der Waals surface area contributed by atoms with Gasteiger partial charge in [-0.3, -0.25) is 0 Å². The molecule has 2 aromatic rings. The summed E-state index contributed by atoms with van der Waals surface area (Å²) in [5.41, 5.74) is 3.87. The van der Waals surface area contributed by atoms with Gasteiger partial charge in [0.25, 0.3) is 0 Å². The third-order valence-corrected chi connectivity index (χ3v) is 2.04. The maximum Gasteiger partial charge on any atom is 0.0456 e. The van der Waals surface area contributed by atoms with Crippen LogP contribution in [0.3, 0.4) is 0 Å². The van der Waals surface area contributed by atoms with Crippen molar-refractivity contribution in [1.29, 1.82) is 0 Å². The van der Waals surface area contributed by atoms with Gasteiger partial charge in [0.15, 0.2) is 0 Å². The summed E-state index contributed by atoms with van der Waals surface area (Å²) in [5.74, 6) is 0. The van der Waals surface area contributed by atoms with E-state index >= 15 is 0 Å². The van der Waals surface area contributed by atoms with E-state index in [-0.39, 0.29) is 1.43 Å². The highest BCUT2D eigenvalue weighted by Crippen LogP contribution is 2.17. The fraction of sp³-hybridized carbons (Fsp3) is 0.333. The molecule has 0 spiro atoms. The second kappa shape index (κ2) is 4.13. The van der Waals surface area contributed by atoms with E-state index in [1.54, 1.807) is 0 Å². The molecule has 13 heavy (non-hydrogen) atoms. The zero-order valence-electron chi connectivity index (χ0n) is 8.81. The van der Waals surface area contributed by atoms with Crippen molar-refractivity contribution in [1.82, 2.24) is 4.98 Å². The SMILES string of the molecule is CC.Cc1ccc2[nH]cc(C)c2c1.[HH]. The highest BCUT2D eigenvalue weighted by molar-refractivity contribution is 5.83. The minimum Gasteiger partial charge on any atom is -0.361 e. The number of H-pyrrole nitrogens is 1. The van der Waals surface area contributed by atoms with Crippen molar-refractivity contribution < 1.29 is 1.43 Å². The molecule has 0 atom stereocenters. The number of aromatic nitrogens is 1. The summed E-state index contributed by atoms with van der Waals surface area (Å²) in [6, 6.07) is 6.46. The lowest BCUT2D eigenvalue weighted by Gasteiger charge is -1.92. The predicted octanol–water partition coefficient (Wildman–Crippen LogP) is 4.06. The first-order valence-electron chi connectivity index (χ1n) is 4.82. The lowest BCUT2D eigenvalue weighted by molar-refractivity contribution is 1.42. The minimum atomic E-state index is 0. The lowest BCUT2D eigenvalue weighted by atomic mass is 10.1. The zero-order chi connectivity index (χ0) is 9.84. The van der Waals surface area contributed by atoms with Gasteiger partial charge in [-0.2, -0.15) is 0 Å². The van der Waals surface area contributed by atoms with Gasteiger partial charge in [-0.05, 0) is 31.5 Å². The van der Waals surface area contributed by atoms with Crippen molar-refractivity contribution >= 4 is 10.9 Å². The minimum absolute atomic E-state index is 0. The van der Waals surface area contributed by atoms with Crippen molar-refractivity contribution in [2.75, 3.05) is 0 Å². The van der Waals surface area contributed by atoms with Crippen LogP contribution in [0, 0.1) is 13.8 Å². The fourth-order valence-corrected chi connectivity index (χ4v) is 1.37. The van der Waals surface area contributed by atoms with Gasteiger partial charge in [-0.25, -0.2) is 0 Å². The standard InChI is InChI=1S/C10H11N.C2H6.H2/c1-7-3-4-10-9(5-7)8(2)6-11-10;1-2;/h3-6,11H,1-2H3;1-2H3;1H. The third-order valence-electron chi connectivity index (χ3n) is 2.04. The van der Waals surface area contributed by atoms with Crippen LogP contribution in [-0.4, -0.2) is 4.98 Å². The monoisotopic (exact) mass is 177 g/mol. The van der Waals surface area contributed by atoms with E-state index in [2.05, 4.69) is 37.0 Å². The number of benzene rings is 1. The maximum atomic E-state index is 3.22. The number of hydrogen-bond acceptors (Lipinski definition) is 0. The largest absolute Gasteiger partial charge is 0.361 e. The van der Waals surface area contributed by atoms with Gasteiger partial charge >= 0.3 is 0 Å². The Kier molecular flexibility index (Phi) is 3.13. The van der Waals surface area contributed by atoms with Gasteiger partial charge < -0.3 is 4.98 Å². The molecular weight excluding hydrogens is 158 g/mol. The van der Waals surface area contributed by atoms with Crippen LogP contribution in [0.2, 0.25) is 0 Å². The highest BCUT2D eigenvalue weighted by atomic mass is 14.7. The van der Waals surface area contributed by atoms with E-state index < -0.39 is 0 Å². The Balaban J connectivity index is 0.000000531. The van der Waals surface area contributed by atoms with Gasteiger partial charge in [0.05, 0.1) is 0 Å². The molecule has 1 aromatic carbocycles. The van der Waals surface area contributed by atoms with Gasteiger partial charge in [-0.15, -0.1) is 0 Å². The second-order valence-electron chi connectivity index (χ2n) is 3.02. The van der Waals surface area contributed by atoms with E-state index in [1.165, 1.54) is 22.0 Å². The summed E-state index contributed by atoms with van der Waals surface area (Å²) < 4.78 is 0. The van der Waals surface area contributed by atoms with Crippen LogP contribution in [0.25, 0.3) is 10.9 Å². The first-order chi connectivity index (χ1) is 6.27. The Hall–Kier alpha value is -1.24. The van der Waals surface area contributed by atoms with Crippen LogP contribution in [0.15, 0.2) is 24.4 Å². The van der Waals surface area contributed by atoms with Gasteiger partial charge in [0.2, 0.25) is 0 Å². The van der Waals surface area contributed by atoms with Crippen LogP contribution in [0.5, 0.6) is 0 Å². The van der Waals surface area contributed by atoms with E-state index in [9.17, 15) is 0 Å². The summed E-state index contributed by atoms with van der Waals surface area (Å²) in [6.45, 7) is 8.24. The molecule has 0 aliphatic heterocycles. The quantitative estimate of drug-likeness (QED) is 0.624. The van der Waals surface area contributed by atoms with Crippen molar-refractivity contribution in [3.05, 3.63) is 35.5 Å². The van der Waals surface area contributed by atoms with Crippen LogP contribution < -0.4 is 0 Å². The molecule has 0 aliphatic carbocycles. The van der Waals surface area contributed by atoms with Crippen LogP contribution in [0.1, 0.15) is 26.4 Å². The Bertz CT molecular complexity index is 390. The summed E-state index contributed by atoms with van der Waals surface area (Å²) in [7, 11) is 0. The van der Waals surface area contributed by atoms with Gasteiger partial charge in [0, 0.05) is 18.5 Å². The van der Waals surface area contributed by atoms with E-state index in [0.717, 1.165) is 0 Å². The Labute approximate surface area is 81.3 Å². The zero-order valence-corrected chi connectivity index (χ0v) is 8.81. The fourth-order valence-electron chi connectivity index (χ4n) is 1.37. The van der Waals surface area contributed by atoms with Crippen LogP contribution in [0.4, 0.5) is 0 Å². The Morgan fingerprint density at radius 3 is 2.54 bits per heavy atom. The van der Waals surface area contributed by atoms with Gasteiger partial charge in [-0.1, -0.05) is 25.5 Å². The van der Waals surface area contributed by atoms with E-state index in [4.69, 9.17) is 0 Å². The third kappa shape index (κ3) is 1.92. The molecule has 0 aliphatic rings. The predicted molar refractivity (Wildman–Crippen MR) is 61.2 cm³/mol. The molecule has 1 aromatic heterocycles. The number of rotatable bonds is 0. The average Bonchev–Trinajstić information content (AvgIpc) is 2.52. The number of hydrogen-bond donors (Lipinski definition) is 1. The number of nitrogens with one attached hydrogen (secondary N) is 1. The molecule has 0 radical (unpaired) electrons. The molecule has 1 N–H and O–H groups in total. The smallest absolute Gasteiger partial charge is 0.0456 e. The molecule has 0 bridgehead atoms. The summed E-state index contributed by atoms with van der Waals surface area (Å²) in [5, 5.41) is 1.34. The molecule has 0 amide bonds.